The Morgan fingerprint density at radius 2 is 0.549 bits per heavy atom. The normalized spacial score (nSPS) is 12.7. The Morgan fingerprint density at radius 3 is 0.846 bits per heavy atom. The Balaban J connectivity index is 3.40. The minimum absolute atomic E-state index is 0.00852. The molecule has 0 aromatic rings. The van der Waals surface area contributed by atoms with Gasteiger partial charge in [0, 0.05) is 12.8 Å². The second kappa shape index (κ2) is 80.3. The average molecular weight is 1280 g/mol. The highest BCUT2D eigenvalue weighted by Crippen LogP contribution is 2.20. The summed E-state index contributed by atoms with van der Waals surface area (Å²) in [7, 11) is 0. The molecule has 0 spiro atoms. The zero-order chi connectivity index (χ0) is 65.6. The van der Waals surface area contributed by atoms with Crippen LogP contribution in [0.15, 0.2) is 48.6 Å². The van der Waals surface area contributed by atoms with Crippen LogP contribution in [0.4, 0.5) is 0 Å². The van der Waals surface area contributed by atoms with Gasteiger partial charge in [-0.1, -0.05) is 403 Å². The maximum atomic E-state index is 12.6. The maximum absolute atomic E-state index is 12.6. The number of hydrogen-bond acceptors (Lipinski definition) is 5. The van der Waals surface area contributed by atoms with Crippen LogP contribution >= 0.6 is 0 Å². The summed E-state index contributed by atoms with van der Waals surface area (Å²) >= 11 is 0. The Kier molecular flexibility index (Phi) is 78.3. The quantitative estimate of drug-likeness (QED) is 0.0320. The van der Waals surface area contributed by atoms with Crippen LogP contribution in [-0.2, 0) is 14.3 Å². The highest BCUT2D eigenvalue weighted by molar-refractivity contribution is 5.76. The molecule has 0 aromatic carbocycles. The molecule has 0 aromatic heterocycles. The van der Waals surface area contributed by atoms with Gasteiger partial charge in [-0.25, -0.2) is 0 Å². The number of amides is 1. The molecule has 0 bridgehead atoms. The molecule has 2 unspecified atom stereocenters. The lowest BCUT2D eigenvalue weighted by molar-refractivity contribution is -0.143. The second-order valence-electron chi connectivity index (χ2n) is 28.4. The van der Waals surface area contributed by atoms with E-state index in [0.29, 0.717) is 19.4 Å². The summed E-state index contributed by atoms with van der Waals surface area (Å²) in [5.74, 6) is -0.0521. The number of carbonyl (C=O) groups is 2. The van der Waals surface area contributed by atoms with Crippen LogP contribution in [0.1, 0.15) is 457 Å². The van der Waals surface area contributed by atoms with Crippen molar-refractivity contribution in [1.82, 2.24) is 5.32 Å². The molecule has 2 atom stereocenters. The van der Waals surface area contributed by atoms with Crippen LogP contribution in [0.25, 0.3) is 0 Å². The third-order valence-electron chi connectivity index (χ3n) is 19.3. The monoisotopic (exact) mass is 1280 g/mol. The lowest BCUT2D eigenvalue weighted by atomic mass is 10.0. The molecule has 536 valence electrons. The van der Waals surface area contributed by atoms with Crippen LogP contribution in [0, 0.1) is 0 Å². The number of nitrogens with one attached hydrogen (secondary N) is 1. The van der Waals surface area contributed by atoms with Gasteiger partial charge in [-0.15, -0.1) is 0 Å². The van der Waals surface area contributed by atoms with Crippen LogP contribution in [0.2, 0.25) is 0 Å². The van der Waals surface area contributed by atoms with Crippen molar-refractivity contribution >= 4 is 11.9 Å². The zero-order valence-corrected chi connectivity index (χ0v) is 61.6. The molecule has 0 radical (unpaired) electrons. The number of unbranched alkanes of at least 4 members (excludes halogenated alkanes) is 61. The zero-order valence-electron chi connectivity index (χ0n) is 61.6. The molecule has 1 amide bonds. The minimum Gasteiger partial charge on any atom is -0.466 e. The first-order valence-electron chi connectivity index (χ1n) is 41.4. The Hall–Kier alpha value is -2.18. The van der Waals surface area contributed by atoms with Gasteiger partial charge in [0.25, 0.3) is 0 Å². The Bertz CT molecular complexity index is 1520. The summed E-state index contributed by atoms with van der Waals surface area (Å²) in [4.78, 5) is 24.6. The summed E-state index contributed by atoms with van der Waals surface area (Å²) < 4.78 is 5.49. The highest BCUT2D eigenvalue weighted by Gasteiger charge is 2.18. The molecule has 0 aliphatic heterocycles. The second-order valence-corrected chi connectivity index (χ2v) is 28.4. The molecule has 0 saturated heterocycles. The minimum atomic E-state index is -0.845. The fourth-order valence-electron chi connectivity index (χ4n) is 13.0. The van der Waals surface area contributed by atoms with Crippen LogP contribution in [0.5, 0.6) is 0 Å². The smallest absolute Gasteiger partial charge is 0.305 e. The summed E-state index contributed by atoms with van der Waals surface area (Å²) in [6.07, 6.45) is 107. The van der Waals surface area contributed by atoms with E-state index in [9.17, 15) is 19.8 Å². The van der Waals surface area contributed by atoms with Gasteiger partial charge in [0.2, 0.25) is 5.91 Å². The van der Waals surface area contributed by atoms with E-state index in [2.05, 4.69) is 55.6 Å². The number of carbonyl (C=O) groups excluding carboxylic acids is 2. The summed E-state index contributed by atoms with van der Waals surface area (Å²) in [5.41, 5.74) is 0. The van der Waals surface area contributed by atoms with E-state index in [-0.39, 0.29) is 18.5 Å². The molecule has 6 nitrogen and oxygen atoms in total. The summed E-state index contributed by atoms with van der Waals surface area (Å²) in [5, 5.41) is 23.3. The van der Waals surface area contributed by atoms with Crippen molar-refractivity contribution in [1.29, 1.82) is 0 Å². The molecule has 91 heavy (non-hydrogen) atoms. The molecule has 0 aliphatic carbocycles. The number of rotatable bonds is 78. The van der Waals surface area contributed by atoms with Crippen molar-refractivity contribution < 1.29 is 24.5 Å². The van der Waals surface area contributed by atoms with Crippen molar-refractivity contribution in [3.8, 4) is 0 Å². The van der Waals surface area contributed by atoms with Gasteiger partial charge in [0.05, 0.1) is 25.4 Å². The lowest BCUT2D eigenvalue weighted by Gasteiger charge is -2.20. The first-order chi connectivity index (χ1) is 45.0. The Labute approximate surface area is 569 Å². The van der Waals surface area contributed by atoms with Gasteiger partial charge >= 0.3 is 5.97 Å². The fourth-order valence-corrected chi connectivity index (χ4v) is 13.0. The number of aliphatic hydroxyl groups excluding tert-OH is 2. The van der Waals surface area contributed by atoms with Gasteiger partial charge < -0.3 is 20.3 Å². The van der Waals surface area contributed by atoms with Gasteiger partial charge in [-0.2, -0.15) is 0 Å². The van der Waals surface area contributed by atoms with E-state index in [1.54, 1.807) is 6.08 Å². The third kappa shape index (κ3) is 76.7. The van der Waals surface area contributed by atoms with E-state index in [4.69, 9.17) is 4.74 Å². The summed E-state index contributed by atoms with van der Waals surface area (Å²) in [6, 6.07) is -0.628. The predicted octanol–water partition coefficient (Wildman–Crippen LogP) is 27.5. The Morgan fingerprint density at radius 1 is 0.308 bits per heavy atom. The number of hydrogen-bond donors (Lipinski definition) is 3. The van der Waals surface area contributed by atoms with Crippen LogP contribution in [0.3, 0.4) is 0 Å². The number of esters is 1. The van der Waals surface area contributed by atoms with Crippen molar-refractivity contribution in [3.05, 3.63) is 48.6 Å². The van der Waals surface area contributed by atoms with Gasteiger partial charge in [0.1, 0.15) is 0 Å². The molecular formula is C85H161NO5. The maximum Gasteiger partial charge on any atom is 0.305 e. The van der Waals surface area contributed by atoms with E-state index in [1.807, 2.05) is 6.08 Å². The number of allylic oxidation sites excluding steroid dienone is 7. The SMILES string of the molecule is CCCCCCC/C=C\CCCCCCCC(=O)OCCCCCCCCCCCCC/C=C\C/C=C\CCCCCCCCCCCCCCCCCCCC(=O)NC(CO)C(O)/C=C/CCCCCCCCCCCCCCCCCCCCCCCCC. The molecule has 0 aliphatic rings. The summed E-state index contributed by atoms with van der Waals surface area (Å²) in [6.45, 7) is 4.94. The van der Waals surface area contributed by atoms with Crippen LogP contribution < -0.4 is 5.32 Å². The van der Waals surface area contributed by atoms with Gasteiger partial charge in [-0.05, 0) is 89.9 Å². The van der Waals surface area contributed by atoms with Crippen molar-refractivity contribution in [2.75, 3.05) is 13.2 Å². The molecule has 0 saturated carbocycles. The van der Waals surface area contributed by atoms with E-state index in [0.717, 1.165) is 51.4 Å². The molecule has 0 rings (SSSR count). The number of ether oxygens (including phenoxy) is 1. The largest absolute Gasteiger partial charge is 0.466 e. The van der Waals surface area contributed by atoms with Gasteiger partial charge in [0.15, 0.2) is 0 Å². The van der Waals surface area contributed by atoms with E-state index in [1.165, 1.54) is 379 Å². The van der Waals surface area contributed by atoms with Crippen molar-refractivity contribution in [3.63, 3.8) is 0 Å². The lowest BCUT2D eigenvalue weighted by Crippen LogP contribution is -2.45. The highest BCUT2D eigenvalue weighted by atomic mass is 16.5. The number of aliphatic hydroxyl groups is 2. The molecule has 3 N–H and O–H groups in total. The molecule has 6 heteroatoms. The van der Waals surface area contributed by atoms with E-state index < -0.39 is 12.1 Å². The van der Waals surface area contributed by atoms with Crippen molar-refractivity contribution in [2.45, 2.75) is 469 Å². The van der Waals surface area contributed by atoms with Crippen molar-refractivity contribution in [2.24, 2.45) is 0 Å². The first-order valence-corrected chi connectivity index (χ1v) is 41.4. The average Bonchev–Trinajstić information content (AvgIpc) is 3.64. The fraction of sp³-hybridized carbons (Fsp3) is 0.882. The third-order valence-corrected chi connectivity index (χ3v) is 19.3. The molecule has 0 heterocycles. The van der Waals surface area contributed by atoms with Crippen LogP contribution in [-0.4, -0.2) is 47.4 Å². The molecular weight excluding hydrogens is 1110 g/mol. The topological polar surface area (TPSA) is 95.9 Å². The standard InChI is InChI=1S/C85H161NO5/c1-3-5-7-9-11-13-15-17-19-20-21-22-23-35-38-41-44-47-50-53-57-61-65-69-73-77-83(88)82(81-87)86-84(89)78-74-70-66-62-58-54-51-48-45-42-39-36-33-31-29-27-25-24-26-28-30-32-34-37-40-43-46-49-52-56-60-64-68-72-76-80-91-85(90)79-75-71-67-63-59-55-18-16-14-12-10-8-6-4-2/h16,18,26,28,32,34,73,77,82-83,87-88H,3-15,17,19-25,27,29-31,33,35-72,74-76,78-81H2,1-2H3,(H,86,89)/b18-16-,28-26-,34-32-,77-73+. The first kappa shape index (κ1) is 88.8. The van der Waals surface area contributed by atoms with Gasteiger partial charge in [-0.3, -0.25) is 9.59 Å². The predicted molar refractivity (Wildman–Crippen MR) is 402 cm³/mol. The molecule has 0 fully saturated rings. The van der Waals surface area contributed by atoms with E-state index >= 15 is 0 Å².